The Morgan fingerprint density at radius 3 is 1.55 bits per heavy atom. The molecule has 0 atom stereocenters. The summed E-state index contributed by atoms with van der Waals surface area (Å²) in [6, 6.07) is 33.7. The number of thiophene rings is 1. The van der Waals surface area contributed by atoms with E-state index in [1.165, 1.54) is 66.1 Å². The lowest BCUT2D eigenvalue weighted by atomic mass is 9.92. The van der Waals surface area contributed by atoms with Gasteiger partial charge in [0.25, 0.3) is 0 Å². The van der Waals surface area contributed by atoms with Gasteiger partial charge >= 0.3 is 0 Å². The van der Waals surface area contributed by atoms with E-state index in [1.807, 2.05) is 11.3 Å². The highest BCUT2D eigenvalue weighted by Gasteiger charge is 2.25. The van der Waals surface area contributed by atoms with E-state index in [0.717, 1.165) is 12.8 Å². The highest BCUT2D eigenvalue weighted by molar-refractivity contribution is 7.14. The molecule has 7 rings (SSSR count). The van der Waals surface area contributed by atoms with Crippen LogP contribution in [-0.4, -0.2) is 0 Å². The molecule has 0 amide bonds. The Labute approximate surface area is 186 Å². The molecule has 0 spiro atoms. The summed E-state index contributed by atoms with van der Waals surface area (Å²) in [4.78, 5) is 1.40. The molecule has 0 nitrogen and oxygen atoms in total. The average molecular weight is 413 g/mol. The van der Waals surface area contributed by atoms with Gasteiger partial charge in [0.1, 0.15) is 0 Å². The molecule has 146 valence electrons. The predicted molar refractivity (Wildman–Crippen MR) is 132 cm³/mol. The third kappa shape index (κ3) is 2.47. The minimum atomic E-state index is 1.02. The van der Waals surface area contributed by atoms with Gasteiger partial charge in [0.2, 0.25) is 0 Å². The highest BCUT2D eigenvalue weighted by Crippen LogP contribution is 2.48. The van der Waals surface area contributed by atoms with E-state index in [4.69, 9.17) is 0 Å². The second-order valence-corrected chi connectivity index (χ2v) is 9.41. The van der Waals surface area contributed by atoms with Crippen molar-refractivity contribution >= 4 is 11.3 Å². The maximum atomic E-state index is 2.32. The minimum absolute atomic E-state index is 1.02. The van der Waals surface area contributed by atoms with E-state index in [1.54, 1.807) is 0 Å². The Balaban J connectivity index is 1.41. The van der Waals surface area contributed by atoms with Crippen molar-refractivity contribution in [1.82, 2.24) is 0 Å². The SMILES string of the molecule is c1ccc2c(c1)Cc1c-2cccc1-c1ccsc1-c1cccc2c1Cc1ccccc1-2. The summed E-state index contributed by atoms with van der Waals surface area (Å²) in [5.74, 6) is 0. The van der Waals surface area contributed by atoms with Gasteiger partial charge in [0.15, 0.2) is 0 Å². The van der Waals surface area contributed by atoms with Crippen molar-refractivity contribution in [3.63, 3.8) is 0 Å². The van der Waals surface area contributed by atoms with Crippen LogP contribution in [0.2, 0.25) is 0 Å². The number of fused-ring (bicyclic) bond motifs is 6. The molecule has 0 fully saturated rings. The van der Waals surface area contributed by atoms with E-state index >= 15 is 0 Å². The highest BCUT2D eigenvalue weighted by atomic mass is 32.1. The lowest BCUT2D eigenvalue weighted by Crippen LogP contribution is -1.91. The van der Waals surface area contributed by atoms with E-state index in [9.17, 15) is 0 Å². The fourth-order valence-electron chi connectivity index (χ4n) is 5.51. The van der Waals surface area contributed by atoms with Crippen molar-refractivity contribution in [1.29, 1.82) is 0 Å². The van der Waals surface area contributed by atoms with Gasteiger partial charge in [-0.15, -0.1) is 11.3 Å². The van der Waals surface area contributed by atoms with Crippen molar-refractivity contribution in [2.24, 2.45) is 0 Å². The molecule has 1 heterocycles. The summed E-state index contributed by atoms with van der Waals surface area (Å²) in [5.41, 5.74) is 15.6. The fourth-order valence-corrected chi connectivity index (χ4v) is 6.47. The maximum absolute atomic E-state index is 2.32. The average Bonchev–Trinajstić information content (AvgIpc) is 3.53. The van der Waals surface area contributed by atoms with Gasteiger partial charge in [0, 0.05) is 10.4 Å². The molecular weight excluding hydrogens is 392 g/mol. The van der Waals surface area contributed by atoms with Gasteiger partial charge in [-0.2, -0.15) is 0 Å². The third-order valence-corrected chi connectivity index (χ3v) is 7.85. The summed E-state index contributed by atoms with van der Waals surface area (Å²) in [7, 11) is 0. The Morgan fingerprint density at radius 2 is 0.903 bits per heavy atom. The van der Waals surface area contributed by atoms with Crippen molar-refractivity contribution < 1.29 is 0 Å². The van der Waals surface area contributed by atoms with E-state index in [0.29, 0.717) is 0 Å². The second-order valence-electron chi connectivity index (χ2n) is 8.49. The number of benzene rings is 4. The quantitative estimate of drug-likeness (QED) is 0.268. The van der Waals surface area contributed by atoms with Crippen LogP contribution in [0.25, 0.3) is 43.8 Å². The molecule has 0 radical (unpaired) electrons. The first kappa shape index (κ1) is 17.3. The monoisotopic (exact) mass is 412 g/mol. The van der Waals surface area contributed by atoms with Gasteiger partial charge in [0.05, 0.1) is 0 Å². The Morgan fingerprint density at radius 1 is 0.419 bits per heavy atom. The number of hydrogen-bond acceptors (Lipinski definition) is 1. The molecule has 4 aromatic carbocycles. The second kappa shape index (κ2) is 6.54. The van der Waals surface area contributed by atoms with E-state index in [-0.39, 0.29) is 0 Å². The zero-order valence-electron chi connectivity index (χ0n) is 17.1. The minimum Gasteiger partial charge on any atom is -0.143 e. The normalized spacial score (nSPS) is 12.9. The third-order valence-electron chi connectivity index (χ3n) is 6.90. The molecule has 2 aliphatic rings. The zero-order chi connectivity index (χ0) is 20.4. The van der Waals surface area contributed by atoms with Crippen LogP contribution in [0, 0.1) is 0 Å². The molecule has 1 heteroatoms. The van der Waals surface area contributed by atoms with Crippen LogP contribution in [0.5, 0.6) is 0 Å². The van der Waals surface area contributed by atoms with Crippen LogP contribution >= 0.6 is 11.3 Å². The molecule has 1 aromatic heterocycles. The molecule has 0 aliphatic heterocycles. The summed E-state index contributed by atoms with van der Waals surface area (Å²) < 4.78 is 0. The number of hydrogen-bond donors (Lipinski definition) is 0. The lowest BCUT2D eigenvalue weighted by Gasteiger charge is -2.13. The molecule has 0 N–H and O–H groups in total. The molecule has 0 saturated heterocycles. The van der Waals surface area contributed by atoms with Crippen molar-refractivity contribution in [3.05, 3.63) is 119 Å². The first-order valence-electron chi connectivity index (χ1n) is 10.9. The first-order valence-corrected chi connectivity index (χ1v) is 11.7. The Kier molecular flexibility index (Phi) is 3.64. The Bertz CT molecular complexity index is 1370. The van der Waals surface area contributed by atoms with Gasteiger partial charge in [-0.25, -0.2) is 0 Å². The zero-order valence-corrected chi connectivity index (χ0v) is 17.9. The van der Waals surface area contributed by atoms with Crippen LogP contribution in [-0.2, 0) is 12.8 Å². The van der Waals surface area contributed by atoms with Crippen LogP contribution in [0.15, 0.2) is 96.4 Å². The summed E-state index contributed by atoms with van der Waals surface area (Å²) in [5, 5.41) is 2.26. The standard InChI is InChI=1S/C30H20S/c1-3-9-21-19(7-1)17-28-23(21)11-5-13-25(28)27-15-16-31-30(27)26-14-6-12-24-22-10-4-2-8-20(22)18-29(24)26/h1-16H,17-18H2. The maximum Gasteiger partial charge on any atom is 0.0424 e. The van der Waals surface area contributed by atoms with Crippen molar-refractivity contribution in [2.45, 2.75) is 12.8 Å². The van der Waals surface area contributed by atoms with Crippen LogP contribution in [0.1, 0.15) is 22.3 Å². The Hall–Kier alpha value is -3.42. The summed E-state index contributed by atoms with van der Waals surface area (Å²) >= 11 is 1.87. The molecular formula is C30H20S. The molecule has 0 unspecified atom stereocenters. The molecule has 5 aromatic rings. The molecule has 2 aliphatic carbocycles. The van der Waals surface area contributed by atoms with E-state index in [2.05, 4.69) is 96.4 Å². The largest absolute Gasteiger partial charge is 0.143 e. The van der Waals surface area contributed by atoms with E-state index < -0.39 is 0 Å². The van der Waals surface area contributed by atoms with Crippen LogP contribution < -0.4 is 0 Å². The van der Waals surface area contributed by atoms with Crippen molar-refractivity contribution in [2.75, 3.05) is 0 Å². The van der Waals surface area contributed by atoms with Gasteiger partial charge < -0.3 is 0 Å². The molecule has 0 saturated carbocycles. The summed E-state index contributed by atoms with van der Waals surface area (Å²) in [6.45, 7) is 0. The van der Waals surface area contributed by atoms with Gasteiger partial charge in [-0.1, -0.05) is 84.9 Å². The number of rotatable bonds is 2. The predicted octanol–water partition coefficient (Wildman–Crippen LogP) is 8.22. The molecule has 0 bridgehead atoms. The summed E-state index contributed by atoms with van der Waals surface area (Å²) in [6.07, 6.45) is 2.05. The first-order chi connectivity index (χ1) is 15.4. The molecule has 31 heavy (non-hydrogen) atoms. The fraction of sp³-hybridized carbons (Fsp3) is 0.0667. The topological polar surface area (TPSA) is 0 Å². The lowest BCUT2D eigenvalue weighted by molar-refractivity contribution is 1.26. The van der Waals surface area contributed by atoms with Gasteiger partial charge in [-0.3, -0.25) is 0 Å². The van der Waals surface area contributed by atoms with Crippen molar-refractivity contribution in [3.8, 4) is 43.8 Å². The van der Waals surface area contributed by atoms with Crippen LogP contribution in [0.3, 0.4) is 0 Å². The van der Waals surface area contributed by atoms with Gasteiger partial charge in [-0.05, 0) is 79.9 Å². The van der Waals surface area contributed by atoms with Crippen LogP contribution in [0.4, 0.5) is 0 Å². The smallest absolute Gasteiger partial charge is 0.0424 e.